The number of benzene rings is 1. The Morgan fingerprint density at radius 1 is 0.914 bits per heavy atom. The van der Waals surface area contributed by atoms with Crippen LogP contribution >= 0.6 is 0 Å². The molecule has 35 heavy (non-hydrogen) atoms. The summed E-state index contributed by atoms with van der Waals surface area (Å²) in [5.41, 5.74) is 1.32. The summed E-state index contributed by atoms with van der Waals surface area (Å²) in [5, 5.41) is 11.1. The van der Waals surface area contributed by atoms with Crippen molar-refractivity contribution in [3.8, 4) is 0 Å². The molecule has 0 unspecified atom stereocenters. The normalized spacial score (nSPS) is 44.1. The summed E-state index contributed by atoms with van der Waals surface area (Å²) >= 11 is 0. The standard InChI is InChI=1S/C31H46O4/c1-29-14-12-25-24-13-15-31(32,21-33-2)16-23(24)8-9-26(25)27(29)10-11-28(29)30(19-35-20-30)18-34-17-22-6-4-3-5-7-22/h3-7,23-28,32H,8-21H2,1-2H3/t23-,24+,25-,26-,27+,28+,29+,31-/m1/s1. The highest BCUT2D eigenvalue weighted by Crippen LogP contribution is 2.68. The molecule has 4 aliphatic carbocycles. The molecule has 1 aliphatic heterocycles. The van der Waals surface area contributed by atoms with Crippen molar-refractivity contribution in [2.45, 2.75) is 76.9 Å². The van der Waals surface area contributed by atoms with Crippen LogP contribution in [0.3, 0.4) is 0 Å². The van der Waals surface area contributed by atoms with Gasteiger partial charge in [0.2, 0.25) is 0 Å². The quantitative estimate of drug-likeness (QED) is 0.528. The Balaban J connectivity index is 1.13. The van der Waals surface area contributed by atoms with Crippen LogP contribution in [0.4, 0.5) is 0 Å². The van der Waals surface area contributed by atoms with Gasteiger partial charge in [-0.3, -0.25) is 0 Å². The lowest BCUT2D eigenvalue weighted by molar-refractivity contribution is -0.209. The molecule has 4 heteroatoms. The first-order chi connectivity index (χ1) is 17.0. The van der Waals surface area contributed by atoms with Crippen LogP contribution in [-0.2, 0) is 20.8 Å². The molecule has 194 valence electrons. The molecule has 5 fully saturated rings. The monoisotopic (exact) mass is 482 g/mol. The van der Waals surface area contributed by atoms with Crippen molar-refractivity contribution in [1.29, 1.82) is 0 Å². The highest BCUT2D eigenvalue weighted by atomic mass is 16.5. The van der Waals surface area contributed by atoms with E-state index in [0.717, 1.165) is 62.3 Å². The first-order valence-electron chi connectivity index (χ1n) is 14.4. The second-order valence-corrected chi connectivity index (χ2v) is 13.3. The van der Waals surface area contributed by atoms with Crippen LogP contribution in [-0.4, -0.2) is 44.2 Å². The van der Waals surface area contributed by atoms with E-state index in [1.54, 1.807) is 7.11 Å². The molecule has 0 spiro atoms. The van der Waals surface area contributed by atoms with Crippen LogP contribution in [0.5, 0.6) is 0 Å². The average molecular weight is 483 g/mol. The predicted molar refractivity (Wildman–Crippen MR) is 137 cm³/mol. The Hall–Kier alpha value is -0.940. The van der Waals surface area contributed by atoms with E-state index in [0.29, 0.717) is 24.5 Å². The smallest absolute Gasteiger partial charge is 0.0882 e. The second kappa shape index (κ2) is 9.42. The molecule has 0 radical (unpaired) electrons. The van der Waals surface area contributed by atoms with Crippen LogP contribution in [0.2, 0.25) is 0 Å². The summed E-state index contributed by atoms with van der Waals surface area (Å²) in [5.74, 6) is 4.87. The highest BCUT2D eigenvalue weighted by molar-refractivity contribution is 5.14. The van der Waals surface area contributed by atoms with E-state index in [1.807, 2.05) is 0 Å². The summed E-state index contributed by atoms with van der Waals surface area (Å²) in [7, 11) is 1.73. The maximum atomic E-state index is 11.1. The molecule has 8 atom stereocenters. The van der Waals surface area contributed by atoms with Crippen molar-refractivity contribution in [2.24, 2.45) is 46.3 Å². The lowest BCUT2D eigenvalue weighted by Crippen LogP contribution is -2.58. The topological polar surface area (TPSA) is 47.9 Å². The Kier molecular flexibility index (Phi) is 6.57. The third-order valence-corrected chi connectivity index (χ3v) is 11.5. The fourth-order valence-corrected chi connectivity index (χ4v) is 10.1. The fraction of sp³-hybridized carbons (Fsp3) is 0.806. The first-order valence-corrected chi connectivity index (χ1v) is 14.4. The minimum absolute atomic E-state index is 0.212. The number of hydrogen-bond acceptors (Lipinski definition) is 4. The Morgan fingerprint density at radius 3 is 2.46 bits per heavy atom. The molecule has 0 amide bonds. The van der Waals surface area contributed by atoms with E-state index in [4.69, 9.17) is 14.2 Å². The Bertz CT molecular complexity index is 868. The third-order valence-electron chi connectivity index (χ3n) is 11.5. The lowest BCUT2D eigenvalue weighted by atomic mass is 9.47. The molecule has 4 nitrogen and oxygen atoms in total. The number of fused-ring (bicyclic) bond motifs is 5. The molecule has 1 aromatic rings. The predicted octanol–water partition coefficient (Wildman–Crippen LogP) is 5.87. The van der Waals surface area contributed by atoms with Crippen LogP contribution < -0.4 is 0 Å². The minimum Gasteiger partial charge on any atom is -0.387 e. The van der Waals surface area contributed by atoms with Gasteiger partial charge in [-0.05, 0) is 104 Å². The average Bonchev–Trinajstić information content (AvgIpc) is 3.18. The summed E-state index contributed by atoms with van der Waals surface area (Å²) < 4.78 is 17.6. The van der Waals surface area contributed by atoms with Gasteiger partial charge in [0, 0.05) is 12.5 Å². The summed E-state index contributed by atoms with van der Waals surface area (Å²) in [6.07, 6.45) is 11.3. The SMILES string of the molecule is COC[C@@]1(O)CC[C@H]2[C@H](CC[C@@H]3[C@@H]2CC[C@]2(C)[C@@H](C4(COCc5ccccc5)COC4)CC[C@@H]32)C1. The molecule has 6 rings (SSSR count). The van der Waals surface area contributed by atoms with Crippen molar-refractivity contribution in [3.05, 3.63) is 35.9 Å². The van der Waals surface area contributed by atoms with Gasteiger partial charge in [0.15, 0.2) is 0 Å². The van der Waals surface area contributed by atoms with Gasteiger partial charge >= 0.3 is 0 Å². The number of hydrogen-bond donors (Lipinski definition) is 1. The molecular weight excluding hydrogens is 436 g/mol. The summed E-state index contributed by atoms with van der Waals surface area (Å²) in [4.78, 5) is 0. The Morgan fingerprint density at radius 2 is 1.71 bits per heavy atom. The number of rotatable bonds is 7. The van der Waals surface area contributed by atoms with Gasteiger partial charge in [-0.15, -0.1) is 0 Å². The Labute approximate surface area is 212 Å². The molecule has 1 heterocycles. The van der Waals surface area contributed by atoms with E-state index in [2.05, 4.69) is 37.3 Å². The minimum atomic E-state index is -0.583. The van der Waals surface area contributed by atoms with Crippen molar-refractivity contribution in [1.82, 2.24) is 0 Å². The van der Waals surface area contributed by atoms with Crippen LogP contribution in [0.1, 0.15) is 70.3 Å². The highest BCUT2D eigenvalue weighted by Gasteiger charge is 2.63. The molecule has 1 aromatic carbocycles. The second-order valence-electron chi connectivity index (χ2n) is 13.3. The zero-order chi connectivity index (χ0) is 24.1. The van der Waals surface area contributed by atoms with Gasteiger partial charge in [-0.2, -0.15) is 0 Å². The van der Waals surface area contributed by atoms with Crippen molar-refractivity contribution in [3.63, 3.8) is 0 Å². The van der Waals surface area contributed by atoms with Crippen molar-refractivity contribution < 1.29 is 19.3 Å². The van der Waals surface area contributed by atoms with Crippen LogP contribution in [0.25, 0.3) is 0 Å². The fourth-order valence-electron chi connectivity index (χ4n) is 10.1. The van der Waals surface area contributed by atoms with E-state index < -0.39 is 5.60 Å². The maximum absolute atomic E-state index is 11.1. The molecule has 0 aromatic heterocycles. The van der Waals surface area contributed by atoms with Gasteiger partial charge in [0.25, 0.3) is 0 Å². The number of methoxy groups -OCH3 is 1. The van der Waals surface area contributed by atoms with Crippen LogP contribution in [0, 0.1) is 46.3 Å². The largest absolute Gasteiger partial charge is 0.387 e. The van der Waals surface area contributed by atoms with Gasteiger partial charge < -0.3 is 19.3 Å². The molecule has 4 saturated carbocycles. The molecule has 5 aliphatic rings. The van der Waals surface area contributed by atoms with E-state index in [1.165, 1.54) is 50.5 Å². The lowest BCUT2D eigenvalue weighted by Gasteiger charge is -2.59. The molecular formula is C31H46O4. The van der Waals surface area contributed by atoms with Crippen molar-refractivity contribution in [2.75, 3.05) is 33.5 Å². The number of aliphatic hydroxyl groups is 1. The zero-order valence-electron chi connectivity index (χ0n) is 21.9. The third kappa shape index (κ3) is 4.21. The molecule has 1 saturated heterocycles. The van der Waals surface area contributed by atoms with Gasteiger partial charge in [0.05, 0.1) is 38.6 Å². The molecule has 0 bridgehead atoms. The summed E-state index contributed by atoms with van der Waals surface area (Å²) in [6.45, 7) is 6.46. The van der Waals surface area contributed by atoms with Gasteiger partial charge in [-0.25, -0.2) is 0 Å². The zero-order valence-corrected chi connectivity index (χ0v) is 21.9. The van der Waals surface area contributed by atoms with Crippen LogP contribution in [0.15, 0.2) is 30.3 Å². The van der Waals surface area contributed by atoms with Crippen molar-refractivity contribution >= 4 is 0 Å². The summed E-state index contributed by atoms with van der Waals surface area (Å²) in [6, 6.07) is 10.6. The van der Waals surface area contributed by atoms with E-state index in [-0.39, 0.29) is 5.41 Å². The van der Waals surface area contributed by atoms with Gasteiger partial charge in [-0.1, -0.05) is 37.3 Å². The van der Waals surface area contributed by atoms with Gasteiger partial charge in [0.1, 0.15) is 0 Å². The number of ether oxygens (including phenoxy) is 3. The maximum Gasteiger partial charge on any atom is 0.0882 e. The van der Waals surface area contributed by atoms with E-state index >= 15 is 0 Å². The molecule has 1 N–H and O–H groups in total. The van der Waals surface area contributed by atoms with E-state index in [9.17, 15) is 5.11 Å². The first kappa shape index (κ1) is 24.4.